The average molecular weight is 490 g/mol. The molecule has 3 rings (SSSR count). The molecule has 3 aromatic rings. The Hall–Kier alpha value is -3.54. The quantitative estimate of drug-likeness (QED) is 0.200. The first-order valence-electron chi connectivity index (χ1n) is 12.9. The van der Waals surface area contributed by atoms with Gasteiger partial charge in [0.05, 0.1) is 24.8 Å². The third kappa shape index (κ3) is 8.01. The highest BCUT2D eigenvalue weighted by Gasteiger charge is 2.10. The van der Waals surface area contributed by atoms with Crippen molar-refractivity contribution < 1.29 is 14.3 Å². The van der Waals surface area contributed by atoms with Crippen LogP contribution in [0.3, 0.4) is 0 Å². The van der Waals surface area contributed by atoms with Gasteiger partial charge >= 0.3 is 0 Å². The van der Waals surface area contributed by atoms with Crippen LogP contribution in [0.15, 0.2) is 60.7 Å². The van der Waals surface area contributed by atoms with Gasteiger partial charge in [-0.05, 0) is 75.4 Å². The van der Waals surface area contributed by atoms with Crippen molar-refractivity contribution >= 4 is 23.0 Å². The second kappa shape index (κ2) is 14.8. The number of rotatable bonds is 15. The molecule has 0 atom stereocenters. The molecule has 0 fully saturated rings. The van der Waals surface area contributed by atoms with Crippen LogP contribution in [0.4, 0.5) is 0 Å². The molecule has 1 amide bonds. The van der Waals surface area contributed by atoms with E-state index in [1.807, 2.05) is 50.3 Å². The molecule has 1 N–H and O–H groups in total. The van der Waals surface area contributed by atoms with Crippen LogP contribution < -0.4 is 14.8 Å². The first-order valence-corrected chi connectivity index (χ1v) is 12.9. The van der Waals surface area contributed by atoms with E-state index in [-0.39, 0.29) is 5.91 Å². The van der Waals surface area contributed by atoms with E-state index in [2.05, 4.69) is 28.1 Å². The van der Waals surface area contributed by atoms with Gasteiger partial charge in [-0.3, -0.25) is 4.79 Å². The summed E-state index contributed by atoms with van der Waals surface area (Å²) >= 11 is 0. The fourth-order valence-electron chi connectivity index (χ4n) is 4.23. The average Bonchev–Trinajstić information content (AvgIpc) is 3.24. The molecule has 0 radical (unpaired) electrons. The van der Waals surface area contributed by atoms with E-state index >= 15 is 0 Å². The fraction of sp³-hybridized carbons (Fsp3) is 0.400. The Kier molecular flexibility index (Phi) is 11.1. The lowest BCUT2D eigenvalue weighted by molar-refractivity contribution is -0.116. The van der Waals surface area contributed by atoms with Gasteiger partial charge in [0.25, 0.3) is 0 Å². The molecular formula is C30H39N3O3. The minimum absolute atomic E-state index is 0.0209. The maximum Gasteiger partial charge on any atom is 0.243 e. The maximum absolute atomic E-state index is 11.5. The Morgan fingerprint density at radius 1 is 1.00 bits per heavy atom. The highest BCUT2D eigenvalue weighted by molar-refractivity contribution is 5.87. The zero-order valence-corrected chi connectivity index (χ0v) is 21.8. The number of carbonyl (C=O) groups is 1. The summed E-state index contributed by atoms with van der Waals surface area (Å²) in [6.07, 6.45) is 13.3. The van der Waals surface area contributed by atoms with E-state index in [0.29, 0.717) is 13.2 Å². The molecule has 0 aliphatic heterocycles. The number of ether oxygens (including phenoxy) is 2. The SMILES string of the molecule is C/C=C/C(=O)NCCCCCc1nc2ccccc2n1CCCCOc1ccc(/C=C/C)cc1OC. The molecule has 6 nitrogen and oxygen atoms in total. The number of hydrogen-bond acceptors (Lipinski definition) is 4. The van der Waals surface area contributed by atoms with Crippen molar-refractivity contribution in [3.63, 3.8) is 0 Å². The Balaban J connectivity index is 1.49. The van der Waals surface area contributed by atoms with Crippen LogP contribution in [0.1, 0.15) is 57.3 Å². The fourth-order valence-corrected chi connectivity index (χ4v) is 4.23. The van der Waals surface area contributed by atoms with Gasteiger partial charge < -0.3 is 19.4 Å². The van der Waals surface area contributed by atoms with Crippen LogP contribution in [0.2, 0.25) is 0 Å². The van der Waals surface area contributed by atoms with Crippen LogP contribution in [-0.2, 0) is 17.8 Å². The minimum atomic E-state index is -0.0209. The molecule has 192 valence electrons. The molecule has 0 spiro atoms. The summed E-state index contributed by atoms with van der Waals surface area (Å²) in [7, 11) is 1.67. The summed E-state index contributed by atoms with van der Waals surface area (Å²) in [5.41, 5.74) is 3.33. The van der Waals surface area contributed by atoms with Gasteiger partial charge in [-0.2, -0.15) is 0 Å². The molecule has 0 bridgehead atoms. The molecule has 36 heavy (non-hydrogen) atoms. The molecule has 0 aliphatic carbocycles. The standard InChI is InChI=1S/C30H39N3O3/c1-4-13-24-18-19-27(28(23-24)35-3)36-22-12-11-21-33-26-16-9-8-15-25(26)32-29(33)17-7-6-10-20-31-30(34)14-5-2/h4-5,8-9,13-16,18-19,23H,6-7,10-12,17,20-22H2,1-3H3,(H,31,34)/b13-4+,14-5+. The zero-order chi connectivity index (χ0) is 25.6. The number of allylic oxidation sites excluding steroid dienone is 2. The van der Waals surface area contributed by atoms with Gasteiger partial charge in [0, 0.05) is 19.5 Å². The van der Waals surface area contributed by atoms with E-state index in [0.717, 1.165) is 73.5 Å². The summed E-state index contributed by atoms with van der Waals surface area (Å²) in [5, 5.41) is 2.91. The third-order valence-electron chi connectivity index (χ3n) is 6.01. The molecule has 2 aromatic carbocycles. The zero-order valence-electron chi connectivity index (χ0n) is 21.8. The number of nitrogens with one attached hydrogen (secondary N) is 1. The van der Waals surface area contributed by atoms with E-state index in [1.54, 1.807) is 19.3 Å². The number of fused-ring (bicyclic) bond motifs is 1. The highest BCUT2D eigenvalue weighted by Crippen LogP contribution is 2.29. The first-order chi connectivity index (χ1) is 17.7. The van der Waals surface area contributed by atoms with Crippen LogP contribution in [0.5, 0.6) is 11.5 Å². The Labute approximate surface area is 215 Å². The van der Waals surface area contributed by atoms with Crippen LogP contribution >= 0.6 is 0 Å². The van der Waals surface area contributed by atoms with Crippen molar-refractivity contribution in [2.75, 3.05) is 20.3 Å². The largest absolute Gasteiger partial charge is 0.493 e. The van der Waals surface area contributed by atoms with Gasteiger partial charge in [-0.1, -0.05) is 42.8 Å². The highest BCUT2D eigenvalue weighted by atomic mass is 16.5. The summed E-state index contributed by atoms with van der Waals surface area (Å²) < 4.78 is 13.9. The third-order valence-corrected chi connectivity index (χ3v) is 6.01. The summed E-state index contributed by atoms with van der Waals surface area (Å²) in [4.78, 5) is 16.4. The van der Waals surface area contributed by atoms with Gasteiger partial charge in [0.15, 0.2) is 11.5 Å². The molecule has 0 aliphatic rings. The molecule has 1 aromatic heterocycles. The number of hydrogen-bond donors (Lipinski definition) is 1. The number of aromatic nitrogens is 2. The predicted molar refractivity (Wildman–Crippen MR) is 148 cm³/mol. The van der Waals surface area contributed by atoms with Crippen molar-refractivity contribution in [3.8, 4) is 11.5 Å². The molecule has 0 saturated heterocycles. The molecule has 0 unspecified atom stereocenters. The molecular weight excluding hydrogens is 450 g/mol. The maximum atomic E-state index is 11.5. The van der Waals surface area contributed by atoms with Crippen molar-refractivity contribution in [1.29, 1.82) is 0 Å². The van der Waals surface area contributed by atoms with E-state index in [1.165, 1.54) is 5.52 Å². The van der Waals surface area contributed by atoms with Gasteiger partial charge in [0.1, 0.15) is 5.82 Å². The van der Waals surface area contributed by atoms with E-state index in [9.17, 15) is 4.79 Å². The number of aryl methyl sites for hydroxylation is 2. The number of nitrogens with zero attached hydrogens (tertiary/aromatic N) is 2. The normalized spacial score (nSPS) is 11.5. The number of amides is 1. The lowest BCUT2D eigenvalue weighted by atomic mass is 10.2. The monoisotopic (exact) mass is 489 g/mol. The number of para-hydroxylation sites is 2. The minimum Gasteiger partial charge on any atom is -0.493 e. The van der Waals surface area contributed by atoms with Crippen molar-refractivity contribution in [2.45, 2.75) is 58.9 Å². The Morgan fingerprint density at radius 2 is 1.86 bits per heavy atom. The predicted octanol–water partition coefficient (Wildman–Crippen LogP) is 6.34. The van der Waals surface area contributed by atoms with E-state index in [4.69, 9.17) is 14.5 Å². The van der Waals surface area contributed by atoms with Crippen LogP contribution in [-0.4, -0.2) is 35.7 Å². The van der Waals surface area contributed by atoms with Gasteiger partial charge in [-0.25, -0.2) is 4.98 Å². The summed E-state index contributed by atoms with van der Waals surface area (Å²) in [6, 6.07) is 14.4. The number of carbonyl (C=O) groups excluding carboxylic acids is 1. The van der Waals surface area contributed by atoms with Crippen molar-refractivity contribution in [3.05, 3.63) is 72.1 Å². The number of imidazole rings is 1. The van der Waals surface area contributed by atoms with Gasteiger partial charge in [-0.15, -0.1) is 0 Å². The lowest BCUT2D eigenvalue weighted by Crippen LogP contribution is -2.21. The smallest absolute Gasteiger partial charge is 0.243 e. The number of unbranched alkanes of at least 4 members (excludes halogenated alkanes) is 3. The topological polar surface area (TPSA) is 65.4 Å². The molecule has 1 heterocycles. The Bertz CT molecular complexity index is 1160. The second-order valence-electron chi connectivity index (χ2n) is 8.74. The second-order valence-corrected chi connectivity index (χ2v) is 8.74. The first kappa shape index (κ1) is 27.1. The lowest BCUT2D eigenvalue weighted by Gasteiger charge is -2.12. The van der Waals surface area contributed by atoms with Crippen molar-refractivity contribution in [1.82, 2.24) is 14.9 Å². The summed E-state index contributed by atoms with van der Waals surface area (Å²) in [6.45, 7) is 6.11. The van der Waals surface area contributed by atoms with Crippen molar-refractivity contribution in [2.24, 2.45) is 0 Å². The number of benzene rings is 2. The van der Waals surface area contributed by atoms with E-state index < -0.39 is 0 Å². The Morgan fingerprint density at radius 3 is 2.67 bits per heavy atom. The van der Waals surface area contributed by atoms with Crippen LogP contribution in [0, 0.1) is 0 Å². The summed E-state index contributed by atoms with van der Waals surface area (Å²) in [5.74, 6) is 2.65. The van der Waals surface area contributed by atoms with Crippen LogP contribution in [0.25, 0.3) is 17.1 Å². The number of methoxy groups -OCH3 is 1. The van der Waals surface area contributed by atoms with Gasteiger partial charge in [0.2, 0.25) is 5.91 Å². The molecule has 0 saturated carbocycles. The molecule has 6 heteroatoms.